The van der Waals surface area contributed by atoms with Crippen LogP contribution in [0.1, 0.15) is 28.6 Å². The van der Waals surface area contributed by atoms with E-state index >= 15 is 0 Å². The van der Waals surface area contributed by atoms with Gasteiger partial charge in [-0.25, -0.2) is 0 Å². The van der Waals surface area contributed by atoms with Crippen LogP contribution in [0.2, 0.25) is 0 Å². The lowest BCUT2D eigenvalue weighted by molar-refractivity contribution is -0.114. The molecule has 0 bridgehead atoms. The molecule has 0 spiro atoms. The number of thioether (sulfide) groups is 1. The maximum absolute atomic E-state index is 12.4. The van der Waals surface area contributed by atoms with Gasteiger partial charge in [-0.3, -0.25) is 10.2 Å². The number of furan rings is 1. The lowest BCUT2D eigenvalue weighted by atomic mass is 10.1. The quantitative estimate of drug-likeness (QED) is 0.881. The third-order valence-corrected chi connectivity index (χ3v) is 4.96. The molecule has 1 aliphatic heterocycles. The maximum atomic E-state index is 12.4. The molecule has 1 atom stereocenters. The summed E-state index contributed by atoms with van der Waals surface area (Å²) in [5.74, 6) is -0.0879. The molecule has 1 saturated heterocycles. The number of aryl methyl sites for hydroxylation is 1. The number of carbonyl (C=O) groups excluding carboxylic acids is 1. The topological polar surface area (TPSA) is 79.8 Å². The van der Waals surface area contributed by atoms with Crippen LogP contribution in [0.5, 0.6) is 0 Å². The van der Waals surface area contributed by atoms with Gasteiger partial charge >= 0.3 is 0 Å². The molecule has 0 aliphatic carbocycles. The van der Waals surface area contributed by atoms with Crippen molar-refractivity contribution in [2.75, 3.05) is 0 Å². The monoisotopic (exact) mass is 305 g/mol. The van der Waals surface area contributed by atoms with E-state index in [0.717, 1.165) is 11.4 Å². The summed E-state index contributed by atoms with van der Waals surface area (Å²) < 4.78 is 5.20. The molecule has 7 heteroatoms. The highest BCUT2D eigenvalue weighted by Gasteiger charge is 2.39. The number of ketones is 1. The van der Waals surface area contributed by atoms with E-state index in [1.165, 1.54) is 23.1 Å². The Morgan fingerprint density at radius 1 is 1.50 bits per heavy atom. The van der Waals surface area contributed by atoms with Gasteiger partial charge in [-0.15, -0.1) is 21.5 Å². The number of carbonyl (C=O) groups is 1. The van der Waals surface area contributed by atoms with Gasteiger partial charge in [-0.05, 0) is 24.6 Å². The molecular weight excluding hydrogens is 294 g/mol. The van der Waals surface area contributed by atoms with Crippen LogP contribution in [0.3, 0.4) is 0 Å². The summed E-state index contributed by atoms with van der Waals surface area (Å²) in [7, 11) is 0. The maximum Gasteiger partial charge on any atom is 0.186 e. The van der Waals surface area contributed by atoms with Crippen molar-refractivity contribution < 1.29 is 9.21 Å². The molecule has 1 unspecified atom stereocenters. The third kappa shape index (κ3) is 2.34. The molecule has 1 fully saturated rings. The Kier molecular flexibility index (Phi) is 3.54. The number of Topliss-reactive ketones (excluding diaryl/α,β-unsaturated/α-hetero) is 1. The second-order valence-electron chi connectivity index (χ2n) is 4.18. The average Bonchev–Trinajstić information content (AvgIpc) is 3.13. The Balaban J connectivity index is 1.91. The molecule has 0 aromatic carbocycles. The standard InChI is InChI=1S/C13H11N3O2S2/c1-2-9-15-16-13(20-9)10-11(17)8(19-12(10)14)6-7-4-3-5-18-7/h3-6,10,14H,2H2,1H3. The minimum absolute atomic E-state index is 0.102. The van der Waals surface area contributed by atoms with Crippen molar-refractivity contribution in [3.63, 3.8) is 0 Å². The van der Waals surface area contributed by atoms with Crippen molar-refractivity contribution in [3.8, 4) is 0 Å². The SMILES string of the molecule is CCc1nnc(C2C(=N)SC(=Cc3ccco3)C2=O)s1. The second kappa shape index (κ2) is 5.34. The largest absolute Gasteiger partial charge is 0.465 e. The molecule has 1 N–H and O–H groups in total. The lowest BCUT2D eigenvalue weighted by Crippen LogP contribution is -2.11. The van der Waals surface area contributed by atoms with Gasteiger partial charge < -0.3 is 4.42 Å². The highest BCUT2D eigenvalue weighted by Crippen LogP contribution is 2.41. The first-order chi connectivity index (χ1) is 9.69. The Hall–Kier alpha value is -1.73. The van der Waals surface area contributed by atoms with Crippen LogP contribution in [0.4, 0.5) is 0 Å². The van der Waals surface area contributed by atoms with E-state index < -0.39 is 5.92 Å². The van der Waals surface area contributed by atoms with Crippen LogP contribution < -0.4 is 0 Å². The molecule has 0 saturated carbocycles. The average molecular weight is 305 g/mol. The van der Waals surface area contributed by atoms with Crippen LogP contribution >= 0.6 is 23.1 Å². The Bertz CT molecular complexity index is 688. The van der Waals surface area contributed by atoms with E-state index in [0.29, 0.717) is 20.7 Å². The van der Waals surface area contributed by atoms with E-state index in [1.807, 2.05) is 6.92 Å². The molecule has 3 heterocycles. The van der Waals surface area contributed by atoms with Gasteiger partial charge in [0, 0.05) is 0 Å². The van der Waals surface area contributed by atoms with Gasteiger partial charge in [0.2, 0.25) is 0 Å². The number of hydrogen-bond donors (Lipinski definition) is 1. The van der Waals surface area contributed by atoms with Crippen LogP contribution in [0, 0.1) is 5.41 Å². The number of nitrogens with zero attached hydrogens (tertiary/aromatic N) is 2. The van der Waals surface area contributed by atoms with E-state index in [1.54, 1.807) is 24.5 Å². The summed E-state index contributed by atoms with van der Waals surface area (Å²) in [6.45, 7) is 1.99. The summed E-state index contributed by atoms with van der Waals surface area (Å²) in [6.07, 6.45) is 4.01. The van der Waals surface area contributed by atoms with E-state index in [2.05, 4.69) is 10.2 Å². The molecule has 0 radical (unpaired) electrons. The smallest absolute Gasteiger partial charge is 0.186 e. The first-order valence-electron chi connectivity index (χ1n) is 6.07. The molecule has 3 rings (SSSR count). The molecule has 5 nitrogen and oxygen atoms in total. The Morgan fingerprint density at radius 2 is 2.35 bits per heavy atom. The number of hydrogen-bond acceptors (Lipinski definition) is 7. The number of aromatic nitrogens is 2. The molecule has 102 valence electrons. The van der Waals surface area contributed by atoms with E-state index in [-0.39, 0.29) is 5.78 Å². The van der Waals surface area contributed by atoms with Crippen molar-refractivity contribution in [1.29, 1.82) is 5.41 Å². The first kappa shape index (κ1) is 13.3. The Morgan fingerprint density at radius 3 is 3.00 bits per heavy atom. The summed E-state index contributed by atoms with van der Waals surface area (Å²) in [5.41, 5.74) is 0. The van der Waals surface area contributed by atoms with E-state index in [9.17, 15) is 4.79 Å². The van der Waals surface area contributed by atoms with Crippen LogP contribution in [-0.2, 0) is 11.2 Å². The predicted octanol–water partition coefficient (Wildman–Crippen LogP) is 3.11. The Labute approximate surface area is 123 Å². The van der Waals surface area contributed by atoms with Crippen LogP contribution in [-0.4, -0.2) is 21.0 Å². The minimum Gasteiger partial charge on any atom is -0.465 e. The van der Waals surface area contributed by atoms with Crippen molar-refractivity contribution in [2.45, 2.75) is 19.3 Å². The minimum atomic E-state index is -0.598. The lowest BCUT2D eigenvalue weighted by Gasteiger charge is -2.00. The number of allylic oxidation sites excluding steroid dienone is 1. The normalized spacial score (nSPS) is 21.1. The molecule has 1 aliphatic rings. The van der Waals surface area contributed by atoms with Gasteiger partial charge in [0.05, 0.1) is 16.2 Å². The molecule has 2 aromatic rings. The summed E-state index contributed by atoms with van der Waals surface area (Å²) in [4.78, 5) is 12.9. The summed E-state index contributed by atoms with van der Waals surface area (Å²) >= 11 is 2.57. The van der Waals surface area contributed by atoms with Gasteiger partial charge in [0.1, 0.15) is 21.7 Å². The fraction of sp³-hybridized carbons (Fsp3) is 0.231. The molecule has 2 aromatic heterocycles. The fourth-order valence-electron chi connectivity index (χ4n) is 1.84. The molecule has 0 amide bonds. The van der Waals surface area contributed by atoms with Crippen LogP contribution in [0.25, 0.3) is 6.08 Å². The van der Waals surface area contributed by atoms with Gasteiger partial charge in [-0.2, -0.15) is 0 Å². The zero-order valence-electron chi connectivity index (χ0n) is 10.6. The highest BCUT2D eigenvalue weighted by atomic mass is 32.2. The summed E-state index contributed by atoms with van der Waals surface area (Å²) in [5, 5.41) is 17.9. The summed E-state index contributed by atoms with van der Waals surface area (Å²) in [6, 6.07) is 3.54. The van der Waals surface area contributed by atoms with Gasteiger partial charge in [0.15, 0.2) is 5.78 Å². The molecule has 20 heavy (non-hydrogen) atoms. The fourth-order valence-corrected chi connectivity index (χ4v) is 3.78. The molecular formula is C13H11N3O2S2. The predicted molar refractivity (Wildman–Crippen MR) is 79.0 cm³/mol. The second-order valence-corrected chi connectivity index (χ2v) is 6.35. The first-order valence-corrected chi connectivity index (χ1v) is 7.70. The van der Waals surface area contributed by atoms with Crippen LogP contribution in [0.15, 0.2) is 27.7 Å². The van der Waals surface area contributed by atoms with Crippen molar-refractivity contribution >= 4 is 40.0 Å². The van der Waals surface area contributed by atoms with Crippen molar-refractivity contribution in [3.05, 3.63) is 39.1 Å². The van der Waals surface area contributed by atoms with Gasteiger partial charge in [-0.1, -0.05) is 18.7 Å². The van der Waals surface area contributed by atoms with Crippen molar-refractivity contribution in [2.24, 2.45) is 0 Å². The van der Waals surface area contributed by atoms with Gasteiger partial charge in [0.25, 0.3) is 0 Å². The number of rotatable bonds is 3. The third-order valence-electron chi connectivity index (χ3n) is 2.84. The van der Waals surface area contributed by atoms with E-state index in [4.69, 9.17) is 9.83 Å². The highest BCUT2D eigenvalue weighted by molar-refractivity contribution is 8.19. The zero-order valence-corrected chi connectivity index (χ0v) is 12.3. The zero-order chi connectivity index (χ0) is 14.1. The number of nitrogens with one attached hydrogen (secondary N) is 1. The van der Waals surface area contributed by atoms with Crippen molar-refractivity contribution in [1.82, 2.24) is 10.2 Å².